The highest BCUT2D eigenvalue weighted by atomic mass is 127. The summed E-state index contributed by atoms with van der Waals surface area (Å²) in [6.45, 7) is 14.0. The molecule has 0 aromatic carbocycles. The van der Waals surface area contributed by atoms with Gasteiger partial charge < -0.3 is 15.0 Å². The molecule has 32 heavy (non-hydrogen) atoms. The molecule has 1 atom stereocenters. The van der Waals surface area contributed by atoms with Crippen molar-refractivity contribution in [3.8, 4) is 0 Å². The Hall–Kier alpha value is -0.490. The standard InChI is InChI=1S/C23H40N6OS.HI/c1-3-22-26-21(18-31-22)17-27-7-4-19(5-8-27)14-25-23(24-2)29-9-6-20(16-29)15-28-10-12-30-13-11-28;/h18-20H,3-17H2,1-2H3,(H,24,25);1H. The van der Waals surface area contributed by atoms with Crippen LogP contribution >= 0.6 is 35.3 Å². The highest BCUT2D eigenvalue weighted by Crippen LogP contribution is 2.21. The Bertz CT molecular complexity index is 702. The molecule has 3 saturated heterocycles. The number of guanidine groups is 1. The molecule has 1 N–H and O–H groups in total. The SMILES string of the molecule is CCc1nc(CN2CCC(CNC(=NC)N3CCC(CN4CCOCC4)C3)CC2)cs1.I. The molecule has 3 aliphatic rings. The van der Waals surface area contributed by atoms with Gasteiger partial charge >= 0.3 is 0 Å². The van der Waals surface area contributed by atoms with Crippen LogP contribution in [0.3, 0.4) is 0 Å². The van der Waals surface area contributed by atoms with Gasteiger partial charge in [0.15, 0.2) is 5.96 Å². The topological polar surface area (TPSA) is 56.2 Å². The zero-order valence-electron chi connectivity index (χ0n) is 19.8. The molecule has 0 bridgehead atoms. The molecule has 3 fully saturated rings. The van der Waals surface area contributed by atoms with Crippen molar-refractivity contribution < 1.29 is 4.74 Å². The zero-order chi connectivity index (χ0) is 21.5. The van der Waals surface area contributed by atoms with E-state index in [0.29, 0.717) is 0 Å². The first-order valence-electron chi connectivity index (χ1n) is 12.1. The van der Waals surface area contributed by atoms with Gasteiger partial charge in [0.05, 0.1) is 23.9 Å². The van der Waals surface area contributed by atoms with Crippen LogP contribution in [0.1, 0.15) is 36.9 Å². The van der Waals surface area contributed by atoms with E-state index in [0.717, 1.165) is 76.7 Å². The van der Waals surface area contributed by atoms with Crippen LogP contribution in [0.4, 0.5) is 0 Å². The van der Waals surface area contributed by atoms with Crippen molar-refractivity contribution in [1.29, 1.82) is 0 Å². The number of halogens is 1. The van der Waals surface area contributed by atoms with E-state index in [2.05, 4.69) is 37.3 Å². The third-order valence-electron chi connectivity index (χ3n) is 6.96. The third kappa shape index (κ3) is 7.51. The lowest BCUT2D eigenvalue weighted by molar-refractivity contribution is 0.0315. The first kappa shape index (κ1) is 26.1. The number of thiazole rings is 1. The van der Waals surface area contributed by atoms with Crippen molar-refractivity contribution in [2.75, 3.05) is 72.6 Å². The molecule has 182 valence electrons. The van der Waals surface area contributed by atoms with Gasteiger partial charge in [-0.1, -0.05) is 6.92 Å². The molecule has 1 aromatic heterocycles. The molecule has 0 spiro atoms. The molecule has 4 heterocycles. The number of nitrogens with zero attached hydrogens (tertiary/aromatic N) is 5. The fraction of sp³-hybridized carbons (Fsp3) is 0.826. The van der Waals surface area contributed by atoms with Crippen LogP contribution in [0, 0.1) is 11.8 Å². The number of aromatic nitrogens is 1. The van der Waals surface area contributed by atoms with Crippen molar-refractivity contribution in [1.82, 2.24) is 25.0 Å². The Morgan fingerprint density at radius 3 is 2.56 bits per heavy atom. The van der Waals surface area contributed by atoms with Gasteiger partial charge in [-0.2, -0.15) is 0 Å². The maximum atomic E-state index is 5.49. The lowest BCUT2D eigenvalue weighted by Crippen LogP contribution is -2.45. The van der Waals surface area contributed by atoms with Crippen molar-refractivity contribution in [2.45, 2.75) is 39.2 Å². The van der Waals surface area contributed by atoms with Crippen LogP contribution in [0.15, 0.2) is 10.4 Å². The van der Waals surface area contributed by atoms with Crippen molar-refractivity contribution in [2.24, 2.45) is 16.8 Å². The van der Waals surface area contributed by atoms with Gasteiger partial charge in [-0.15, -0.1) is 35.3 Å². The van der Waals surface area contributed by atoms with E-state index in [4.69, 9.17) is 9.72 Å². The van der Waals surface area contributed by atoms with Crippen LogP contribution in [-0.4, -0.2) is 98.3 Å². The highest BCUT2D eigenvalue weighted by Gasteiger charge is 2.28. The smallest absolute Gasteiger partial charge is 0.193 e. The third-order valence-corrected chi connectivity index (χ3v) is 8.00. The number of piperidine rings is 1. The molecule has 1 unspecified atom stereocenters. The van der Waals surface area contributed by atoms with Gasteiger partial charge in [0.1, 0.15) is 0 Å². The molecular formula is C23H41IN6OS. The van der Waals surface area contributed by atoms with Crippen molar-refractivity contribution >= 4 is 41.3 Å². The summed E-state index contributed by atoms with van der Waals surface area (Å²) in [5.74, 6) is 2.58. The first-order valence-corrected chi connectivity index (χ1v) is 13.0. The summed E-state index contributed by atoms with van der Waals surface area (Å²) in [7, 11) is 1.93. The summed E-state index contributed by atoms with van der Waals surface area (Å²) in [5.41, 5.74) is 1.25. The second-order valence-electron chi connectivity index (χ2n) is 9.25. The lowest BCUT2D eigenvalue weighted by Gasteiger charge is -2.32. The van der Waals surface area contributed by atoms with Crippen molar-refractivity contribution in [3.63, 3.8) is 0 Å². The molecule has 0 amide bonds. The number of ether oxygens (including phenoxy) is 1. The maximum Gasteiger partial charge on any atom is 0.193 e. The largest absolute Gasteiger partial charge is 0.379 e. The molecule has 1 aromatic rings. The maximum absolute atomic E-state index is 5.49. The Labute approximate surface area is 215 Å². The normalized spacial score (nSPS) is 24.0. The van der Waals surface area contributed by atoms with Crippen molar-refractivity contribution in [3.05, 3.63) is 16.1 Å². The van der Waals surface area contributed by atoms with Crippen LogP contribution in [0.25, 0.3) is 0 Å². The minimum atomic E-state index is 0. The number of nitrogens with one attached hydrogen (secondary N) is 1. The summed E-state index contributed by atoms with van der Waals surface area (Å²) < 4.78 is 5.49. The van der Waals surface area contributed by atoms with E-state index < -0.39 is 0 Å². The van der Waals surface area contributed by atoms with Gasteiger partial charge in [-0.05, 0) is 50.6 Å². The van der Waals surface area contributed by atoms with E-state index in [9.17, 15) is 0 Å². The summed E-state index contributed by atoms with van der Waals surface area (Å²) in [4.78, 5) is 16.9. The number of hydrogen-bond donors (Lipinski definition) is 1. The summed E-state index contributed by atoms with van der Waals surface area (Å²) >= 11 is 1.80. The number of hydrogen-bond acceptors (Lipinski definition) is 6. The number of likely N-dealkylation sites (tertiary alicyclic amines) is 2. The number of rotatable bonds is 7. The van der Waals surface area contributed by atoms with Crippen LogP contribution in [0.5, 0.6) is 0 Å². The fourth-order valence-corrected chi connectivity index (χ4v) is 5.79. The van der Waals surface area contributed by atoms with E-state index >= 15 is 0 Å². The van der Waals surface area contributed by atoms with E-state index in [1.807, 2.05) is 7.05 Å². The predicted octanol–water partition coefficient (Wildman–Crippen LogP) is 2.77. The second-order valence-corrected chi connectivity index (χ2v) is 10.2. The molecule has 3 aliphatic heterocycles. The molecular weight excluding hydrogens is 535 g/mol. The number of morpholine rings is 1. The summed E-state index contributed by atoms with van der Waals surface area (Å²) in [5, 5.41) is 7.19. The first-order chi connectivity index (χ1) is 15.2. The average molecular weight is 577 g/mol. The van der Waals surface area contributed by atoms with Gasteiger partial charge in [0, 0.05) is 58.2 Å². The Morgan fingerprint density at radius 1 is 1.12 bits per heavy atom. The number of aryl methyl sites for hydroxylation is 1. The van der Waals surface area contributed by atoms with E-state index in [1.165, 1.54) is 49.6 Å². The molecule has 7 nitrogen and oxygen atoms in total. The van der Waals surface area contributed by atoms with Gasteiger partial charge in [0.2, 0.25) is 0 Å². The lowest BCUT2D eigenvalue weighted by atomic mass is 9.97. The van der Waals surface area contributed by atoms with Gasteiger partial charge in [0.25, 0.3) is 0 Å². The Morgan fingerprint density at radius 2 is 1.88 bits per heavy atom. The van der Waals surface area contributed by atoms with E-state index in [-0.39, 0.29) is 24.0 Å². The molecule has 0 aliphatic carbocycles. The monoisotopic (exact) mass is 576 g/mol. The average Bonchev–Trinajstić information content (AvgIpc) is 3.46. The fourth-order valence-electron chi connectivity index (χ4n) is 5.05. The zero-order valence-corrected chi connectivity index (χ0v) is 22.9. The quantitative estimate of drug-likeness (QED) is 0.306. The summed E-state index contributed by atoms with van der Waals surface area (Å²) in [6.07, 6.45) is 4.83. The van der Waals surface area contributed by atoms with Gasteiger partial charge in [-0.25, -0.2) is 4.98 Å². The minimum absolute atomic E-state index is 0. The van der Waals surface area contributed by atoms with Gasteiger partial charge in [-0.3, -0.25) is 14.8 Å². The van der Waals surface area contributed by atoms with Crippen LogP contribution in [-0.2, 0) is 17.7 Å². The molecule has 9 heteroatoms. The Balaban J connectivity index is 0.00000289. The van der Waals surface area contributed by atoms with Crippen LogP contribution < -0.4 is 5.32 Å². The highest BCUT2D eigenvalue weighted by molar-refractivity contribution is 14.0. The Kier molecular flexibility index (Phi) is 10.9. The molecule has 0 saturated carbocycles. The summed E-state index contributed by atoms with van der Waals surface area (Å²) in [6, 6.07) is 0. The second kappa shape index (κ2) is 13.4. The molecule has 4 rings (SSSR count). The predicted molar refractivity (Wildman–Crippen MR) is 143 cm³/mol. The van der Waals surface area contributed by atoms with Crippen LogP contribution in [0.2, 0.25) is 0 Å². The minimum Gasteiger partial charge on any atom is -0.379 e. The van der Waals surface area contributed by atoms with E-state index in [1.54, 1.807) is 11.3 Å². The molecule has 0 radical (unpaired) electrons. The number of aliphatic imine (C=N–C) groups is 1.